The number of carbonyl (C=O) groups is 3. The Kier molecular flexibility index (Phi) is 12.6. The third kappa shape index (κ3) is 13.9. The molecule has 0 aliphatic rings. The summed E-state index contributed by atoms with van der Waals surface area (Å²) in [5, 5.41) is 0. The van der Waals surface area contributed by atoms with Gasteiger partial charge in [0.15, 0.2) is 0 Å². The fraction of sp³-hybridized carbons (Fsp3) is 0.769. The molecule has 0 aromatic carbocycles. The van der Waals surface area contributed by atoms with Gasteiger partial charge in [-0.25, -0.2) is 0 Å². The van der Waals surface area contributed by atoms with Crippen LogP contribution in [0.4, 0.5) is 0 Å². The minimum absolute atomic E-state index is 0.323. The molecule has 0 atom stereocenters. The minimum atomic E-state index is -1.03. The van der Waals surface area contributed by atoms with Crippen molar-refractivity contribution in [2.24, 2.45) is 5.92 Å². The monoisotopic (exact) mass is 308 g/mol. The second kappa shape index (κ2) is 11.5. The van der Waals surface area contributed by atoms with E-state index >= 15 is 0 Å². The van der Waals surface area contributed by atoms with Crippen LogP contribution < -0.4 is 0 Å². The maximum absolute atomic E-state index is 10.6. The van der Waals surface area contributed by atoms with Gasteiger partial charge >= 0.3 is 66.5 Å². The summed E-state index contributed by atoms with van der Waals surface area (Å²) < 4.78 is 10.5. The van der Waals surface area contributed by atoms with Crippen LogP contribution in [-0.2, 0) is 40.9 Å². The van der Waals surface area contributed by atoms with Crippen molar-refractivity contribution in [2.45, 2.75) is 60.7 Å². The van der Waals surface area contributed by atoms with Crippen molar-refractivity contribution in [2.75, 3.05) is 0 Å². The van der Waals surface area contributed by atoms with E-state index in [2.05, 4.69) is 0 Å². The van der Waals surface area contributed by atoms with Crippen LogP contribution in [0.1, 0.15) is 48.5 Å². The summed E-state index contributed by atoms with van der Waals surface area (Å²) in [7, 11) is 0. The van der Waals surface area contributed by atoms with E-state index in [0.717, 1.165) is 0 Å². The number of hydrogen-bond donors (Lipinski definition) is 0. The molecule has 0 radical (unpaired) electrons. The Labute approximate surface area is 125 Å². The molecule has 0 saturated carbocycles. The standard InChI is InChI=1S/C7H10O3.2C3H7O.Ti/c1-4(8)7(5(2)9)6(3)10;2*1-3(2)4;/h7H,1-3H3;2*3H,1-2H3;/q;2*-1;+2. The zero-order valence-electron chi connectivity index (χ0n) is 12.8. The van der Waals surface area contributed by atoms with Gasteiger partial charge in [-0.1, -0.05) is 0 Å². The summed E-state index contributed by atoms with van der Waals surface area (Å²) in [5.41, 5.74) is 0. The molecule has 0 bridgehead atoms. The fourth-order valence-electron chi connectivity index (χ4n) is 1.08. The van der Waals surface area contributed by atoms with E-state index in [4.69, 9.17) is 6.64 Å². The van der Waals surface area contributed by atoms with Gasteiger partial charge in [0.2, 0.25) is 0 Å². The third-order valence-corrected chi connectivity index (χ3v) is 3.56. The number of Topliss-reactive ketones (excluding diaryl/α,β-unsaturated/α-hetero) is 3. The molecule has 5 nitrogen and oxygen atoms in total. The summed E-state index contributed by atoms with van der Waals surface area (Å²) in [6.45, 7) is 11.8. The van der Waals surface area contributed by atoms with Gasteiger partial charge in [-0.3, -0.25) is 14.4 Å². The van der Waals surface area contributed by atoms with E-state index in [1.54, 1.807) is 0 Å². The third-order valence-electron chi connectivity index (χ3n) is 1.79. The van der Waals surface area contributed by atoms with Crippen molar-refractivity contribution in [3.63, 3.8) is 0 Å². The Morgan fingerprint density at radius 3 is 1.11 bits per heavy atom. The summed E-state index contributed by atoms with van der Waals surface area (Å²) in [5.74, 6) is -2.15. The van der Waals surface area contributed by atoms with Crippen LogP contribution in [0.15, 0.2) is 0 Å². The van der Waals surface area contributed by atoms with Gasteiger partial charge in [0.1, 0.15) is 23.3 Å². The second-order valence-corrected chi connectivity index (χ2v) is 5.68. The van der Waals surface area contributed by atoms with Gasteiger partial charge in [-0.15, -0.1) is 0 Å². The van der Waals surface area contributed by atoms with Gasteiger partial charge in [0, 0.05) is 0 Å². The molecule has 0 spiro atoms. The number of hydrogen-bond acceptors (Lipinski definition) is 5. The van der Waals surface area contributed by atoms with Gasteiger partial charge < -0.3 is 0 Å². The molecule has 19 heavy (non-hydrogen) atoms. The van der Waals surface area contributed by atoms with Gasteiger partial charge in [-0.2, -0.15) is 0 Å². The molecule has 0 rings (SSSR count). The van der Waals surface area contributed by atoms with Crippen LogP contribution in [0.3, 0.4) is 0 Å². The van der Waals surface area contributed by atoms with E-state index in [0.29, 0.717) is 12.2 Å². The zero-order valence-corrected chi connectivity index (χ0v) is 14.3. The molecule has 0 unspecified atom stereocenters. The van der Waals surface area contributed by atoms with E-state index in [9.17, 15) is 14.4 Å². The first-order chi connectivity index (χ1) is 8.59. The van der Waals surface area contributed by atoms with Crippen LogP contribution in [0, 0.1) is 5.92 Å². The number of carbonyl (C=O) groups excluding carboxylic acids is 3. The maximum atomic E-state index is 10.6. The average Bonchev–Trinajstić information content (AvgIpc) is 2.14. The van der Waals surface area contributed by atoms with Crippen LogP contribution in [0.25, 0.3) is 0 Å². The fourth-order valence-corrected chi connectivity index (χ4v) is 1.77. The topological polar surface area (TPSA) is 69.7 Å². The first kappa shape index (κ1) is 21.0. The normalized spacial score (nSPS) is 10.2. The zero-order chi connectivity index (χ0) is 15.6. The van der Waals surface area contributed by atoms with Crippen LogP contribution in [0.5, 0.6) is 0 Å². The molecular formula is C13H24O5Ti. The molecule has 0 N–H and O–H groups in total. The number of rotatable bonds is 7. The van der Waals surface area contributed by atoms with Crippen molar-refractivity contribution >= 4 is 17.3 Å². The summed E-state index contributed by atoms with van der Waals surface area (Å²) in [4.78, 5) is 31.8. The van der Waals surface area contributed by atoms with Crippen molar-refractivity contribution < 1.29 is 40.9 Å². The van der Waals surface area contributed by atoms with Crippen LogP contribution in [-0.4, -0.2) is 29.6 Å². The Morgan fingerprint density at radius 2 is 1.00 bits per heavy atom. The van der Waals surface area contributed by atoms with Gasteiger partial charge in [0.05, 0.1) is 0 Å². The van der Waals surface area contributed by atoms with Crippen molar-refractivity contribution in [1.82, 2.24) is 0 Å². The van der Waals surface area contributed by atoms with Crippen molar-refractivity contribution in [3.8, 4) is 0 Å². The second-order valence-electron chi connectivity index (χ2n) is 4.68. The Morgan fingerprint density at radius 1 is 0.737 bits per heavy atom. The quantitative estimate of drug-likeness (QED) is 0.532. The Bertz CT molecular complexity index is 258. The summed E-state index contributed by atoms with van der Waals surface area (Å²) in [6, 6.07) is 0. The first-order valence-electron chi connectivity index (χ1n) is 6.17. The first-order valence-corrected chi connectivity index (χ1v) is 7.44. The Balaban J connectivity index is 0. The number of ketones is 3. The molecule has 0 aromatic heterocycles. The molecule has 0 fully saturated rings. The molecule has 110 valence electrons. The molecule has 0 amide bonds. The predicted molar refractivity (Wildman–Crippen MR) is 68.0 cm³/mol. The predicted octanol–water partition coefficient (Wildman–Crippen LogP) is 2.12. The van der Waals surface area contributed by atoms with Gasteiger partial charge in [-0.05, 0) is 20.8 Å². The van der Waals surface area contributed by atoms with Gasteiger partial charge in [0.25, 0.3) is 0 Å². The molecule has 0 heterocycles. The molecule has 0 saturated heterocycles. The SMILES string of the molecule is CC(=O)C(C(C)=O)C(C)=O.CC(C)[O][Ti][O]C(C)C. The molecule has 0 aliphatic heterocycles. The van der Waals surface area contributed by atoms with E-state index < -0.39 is 25.8 Å². The molecule has 6 heteroatoms. The van der Waals surface area contributed by atoms with Crippen LogP contribution in [0.2, 0.25) is 0 Å². The van der Waals surface area contributed by atoms with E-state index in [-0.39, 0.29) is 17.3 Å². The average molecular weight is 308 g/mol. The molecular weight excluding hydrogens is 284 g/mol. The summed E-state index contributed by atoms with van der Waals surface area (Å²) in [6.07, 6.45) is 0.646. The molecule has 0 aliphatic carbocycles. The van der Waals surface area contributed by atoms with Crippen molar-refractivity contribution in [3.05, 3.63) is 0 Å². The Hall–Kier alpha value is -0.356. The van der Waals surface area contributed by atoms with Crippen molar-refractivity contribution in [1.29, 1.82) is 0 Å². The molecule has 0 aromatic rings. The van der Waals surface area contributed by atoms with E-state index in [1.807, 2.05) is 27.7 Å². The van der Waals surface area contributed by atoms with Crippen LogP contribution >= 0.6 is 0 Å². The summed E-state index contributed by atoms with van der Waals surface area (Å²) >= 11 is -0.574. The van der Waals surface area contributed by atoms with E-state index in [1.165, 1.54) is 20.8 Å².